The quantitative estimate of drug-likeness (QED) is 0.349. The number of Topliss-reactive ketones (excluding diaryl/α,β-unsaturated/α-hetero) is 1. The van der Waals surface area contributed by atoms with Gasteiger partial charge < -0.3 is 9.47 Å². The number of rotatable bonds is 6. The minimum absolute atomic E-state index is 0.0206. The van der Waals surface area contributed by atoms with Crippen molar-refractivity contribution in [3.63, 3.8) is 0 Å². The largest absolute Gasteiger partial charge is 0.484 e. The van der Waals surface area contributed by atoms with E-state index in [1.165, 1.54) is 26.2 Å². The molecule has 0 amide bonds. The molecule has 18 heavy (non-hydrogen) atoms. The highest BCUT2D eigenvalue weighted by Crippen LogP contribution is 2.34. The van der Waals surface area contributed by atoms with Crippen LogP contribution in [0.15, 0.2) is 16.6 Å². The van der Waals surface area contributed by atoms with Gasteiger partial charge in [-0.05, 0) is 13.0 Å². The highest BCUT2D eigenvalue weighted by atomic mass is 79.9. The number of benzene rings is 1. The molecule has 0 bridgehead atoms. The van der Waals surface area contributed by atoms with Crippen molar-refractivity contribution in [2.45, 2.75) is 6.92 Å². The molecular weight excluding hydrogens is 306 g/mol. The van der Waals surface area contributed by atoms with Crippen LogP contribution in [-0.4, -0.2) is 31.0 Å². The number of hydrogen-bond donors (Lipinski definition) is 0. The summed E-state index contributed by atoms with van der Waals surface area (Å²) in [5, 5.41) is 10.9. The van der Waals surface area contributed by atoms with E-state index >= 15 is 0 Å². The first-order valence-corrected chi connectivity index (χ1v) is 5.87. The van der Waals surface area contributed by atoms with Crippen LogP contribution in [0.4, 0.5) is 5.69 Å². The molecule has 6 nitrogen and oxygen atoms in total. The zero-order valence-electron chi connectivity index (χ0n) is 9.94. The summed E-state index contributed by atoms with van der Waals surface area (Å²) in [5.41, 5.74) is -0.0714. The smallest absolute Gasteiger partial charge is 0.312 e. The van der Waals surface area contributed by atoms with Crippen LogP contribution in [0, 0.1) is 10.1 Å². The van der Waals surface area contributed by atoms with Crippen molar-refractivity contribution in [3.8, 4) is 5.75 Å². The molecule has 0 saturated carbocycles. The lowest BCUT2D eigenvalue weighted by Crippen LogP contribution is -2.09. The monoisotopic (exact) mass is 317 g/mol. The Labute approximate surface area is 112 Å². The summed E-state index contributed by atoms with van der Waals surface area (Å²) in [6.07, 6.45) is 0. The van der Waals surface area contributed by atoms with E-state index in [4.69, 9.17) is 9.47 Å². The van der Waals surface area contributed by atoms with Gasteiger partial charge in [-0.3, -0.25) is 14.9 Å². The van der Waals surface area contributed by atoms with Gasteiger partial charge in [0.15, 0.2) is 5.78 Å². The molecule has 0 atom stereocenters. The van der Waals surface area contributed by atoms with E-state index in [-0.39, 0.29) is 36.0 Å². The second-order valence-electron chi connectivity index (χ2n) is 3.46. The van der Waals surface area contributed by atoms with Crippen LogP contribution in [0.2, 0.25) is 0 Å². The van der Waals surface area contributed by atoms with E-state index in [9.17, 15) is 14.9 Å². The van der Waals surface area contributed by atoms with E-state index < -0.39 is 4.92 Å². The standard InChI is InChI=1S/C11H12BrNO5/c1-7(14)9-5-8(12)6-10(13(15)16)11(9)18-4-3-17-2/h5-6H,3-4H2,1-2H3. The molecule has 0 radical (unpaired) electrons. The molecule has 0 saturated heterocycles. The number of ketones is 1. The summed E-state index contributed by atoms with van der Waals surface area (Å²) in [4.78, 5) is 21.8. The zero-order valence-corrected chi connectivity index (χ0v) is 11.5. The Morgan fingerprint density at radius 1 is 1.44 bits per heavy atom. The highest BCUT2D eigenvalue weighted by Gasteiger charge is 2.23. The van der Waals surface area contributed by atoms with Crippen LogP contribution in [0.5, 0.6) is 5.75 Å². The average molecular weight is 318 g/mol. The first-order chi connectivity index (χ1) is 8.47. The van der Waals surface area contributed by atoms with Crippen molar-refractivity contribution in [3.05, 3.63) is 32.3 Å². The number of nitro benzene ring substituents is 1. The van der Waals surface area contributed by atoms with Crippen LogP contribution in [0.25, 0.3) is 0 Å². The molecule has 0 N–H and O–H groups in total. The van der Waals surface area contributed by atoms with E-state index in [1.54, 1.807) is 0 Å². The number of carbonyl (C=O) groups is 1. The van der Waals surface area contributed by atoms with Gasteiger partial charge in [0.05, 0.1) is 17.1 Å². The molecule has 0 spiro atoms. The first-order valence-electron chi connectivity index (χ1n) is 5.08. The summed E-state index contributed by atoms with van der Waals surface area (Å²) >= 11 is 3.13. The van der Waals surface area contributed by atoms with Crippen molar-refractivity contribution in [2.24, 2.45) is 0 Å². The third-order valence-electron chi connectivity index (χ3n) is 2.14. The summed E-state index contributed by atoms with van der Waals surface area (Å²) in [6, 6.07) is 2.80. The molecule has 0 heterocycles. The summed E-state index contributed by atoms with van der Waals surface area (Å²) in [6.45, 7) is 1.75. The van der Waals surface area contributed by atoms with Gasteiger partial charge >= 0.3 is 5.69 Å². The van der Waals surface area contributed by atoms with Crippen LogP contribution in [-0.2, 0) is 4.74 Å². The Morgan fingerprint density at radius 2 is 2.11 bits per heavy atom. The van der Waals surface area contributed by atoms with Gasteiger partial charge in [-0.1, -0.05) is 15.9 Å². The van der Waals surface area contributed by atoms with Gasteiger partial charge in [0.1, 0.15) is 6.61 Å². The second-order valence-corrected chi connectivity index (χ2v) is 4.37. The van der Waals surface area contributed by atoms with Crippen molar-refractivity contribution < 1.29 is 19.2 Å². The van der Waals surface area contributed by atoms with Crippen molar-refractivity contribution >= 4 is 27.4 Å². The van der Waals surface area contributed by atoms with Crippen molar-refractivity contribution in [1.82, 2.24) is 0 Å². The normalized spacial score (nSPS) is 10.2. The lowest BCUT2D eigenvalue weighted by Gasteiger charge is -2.10. The van der Waals surface area contributed by atoms with E-state index in [0.29, 0.717) is 4.47 Å². The van der Waals surface area contributed by atoms with Crippen molar-refractivity contribution in [2.75, 3.05) is 20.3 Å². The molecule has 7 heteroatoms. The lowest BCUT2D eigenvalue weighted by atomic mass is 10.1. The molecule has 98 valence electrons. The van der Waals surface area contributed by atoms with E-state index in [1.807, 2.05) is 0 Å². The minimum Gasteiger partial charge on any atom is -0.484 e. The molecule has 1 aromatic carbocycles. The molecule has 1 rings (SSSR count). The fourth-order valence-electron chi connectivity index (χ4n) is 1.36. The fraction of sp³-hybridized carbons (Fsp3) is 0.364. The molecule has 0 aliphatic heterocycles. The zero-order chi connectivity index (χ0) is 13.7. The number of nitro groups is 1. The van der Waals surface area contributed by atoms with Crippen LogP contribution >= 0.6 is 15.9 Å². The lowest BCUT2D eigenvalue weighted by molar-refractivity contribution is -0.386. The average Bonchev–Trinajstić information content (AvgIpc) is 2.30. The topological polar surface area (TPSA) is 78.7 Å². The van der Waals surface area contributed by atoms with Gasteiger partial charge in [-0.15, -0.1) is 0 Å². The molecule has 0 unspecified atom stereocenters. The Morgan fingerprint density at radius 3 is 2.61 bits per heavy atom. The third-order valence-corrected chi connectivity index (χ3v) is 2.60. The Balaban J connectivity index is 3.23. The van der Waals surface area contributed by atoms with Gasteiger partial charge in [0, 0.05) is 17.6 Å². The maximum atomic E-state index is 11.5. The molecule has 0 aliphatic carbocycles. The van der Waals surface area contributed by atoms with Crippen LogP contribution < -0.4 is 4.74 Å². The van der Waals surface area contributed by atoms with Crippen molar-refractivity contribution in [1.29, 1.82) is 0 Å². The number of nitrogens with zero attached hydrogens (tertiary/aromatic N) is 1. The van der Waals surface area contributed by atoms with E-state index in [2.05, 4.69) is 15.9 Å². The fourth-order valence-corrected chi connectivity index (χ4v) is 1.80. The number of methoxy groups -OCH3 is 1. The summed E-state index contributed by atoms with van der Waals surface area (Å²) in [7, 11) is 1.49. The molecule has 0 fully saturated rings. The van der Waals surface area contributed by atoms with Gasteiger partial charge in [0.25, 0.3) is 0 Å². The minimum atomic E-state index is -0.584. The Bertz CT molecular complexity index is 439. The number of halogens is 1. The summed E-state index contributed by atoms with van der Waals surface area (Å²) < 4.78 is 10.5. The molecule has 0 aromatic heterocycles. The molecular formula is C11H12BrNO5. The Hall–Kier alpha value is -1.47. The van der Waals surface area contributed by atoms with Crippen LogP contribution in [0.3, 0.4) is 0 Å². The maximum Gasteiger partial charge on any atom is 0.312 e. The Kier molecular flexibility index (Phi) is 5.24. The molecule has 1 aromatic rings. The SMILES string of the molecule is COCCOc1c(C(C)=O)cc(Br)cc1[N+](=O)[O-]. The number of hydrogen-bond acceptors (Lipinski definition) is 5. The van der Waals surface area contributed by atoms with Gasteiger partial charge in [-0.2, -0.15) is 0 Å². The summed E-state index contributed by atoms with van der Waals surface area (Å²) in [5.74, 6) is -0.320. The van der Waals surface area contributed by atoms with E-state index in [0.717, 1.165) is 0 Å². The van der Waals surface area contributed by atoms with Gasteiger partial charge in [0.2, 0.25) is 5.75 Å². The maximum absolute atomic E-state index is 11.5. The highest BCUT2D eigenvalue weighted by molar-refractivity contribution is 9.10. The second kappa shape index (κ2) is 6.46. The number of carbonyl (C=O) groups excluding carboxylic acids is 1. The molecule has 0 aliphatic rings. The van der Waals surface area contributed by atoms with Crippen LogP contribution in [0.1, 0.15) is 17.3 Å². The predicted molar refractivity (Wildman–Crippen MR) is 68.2 cm³/mol. The predicted octanol–water partition coefficient (Wildman–Crippen LogP) is 2.59. The van der Waals surface area contributed by atoms with Gasteiger partial charge in [-0.25, -0.2) is 0 Å². The first kappa shape index (κ1) is 14.6. The number of ether oxygens (including phenoxy) is 2. The third kappa shape index (κ3) is 3.51.